The first-order valence-corrected chi connectivity index (χ1v) is 9.81. The predicted octanol–water partition coefficient (Wildman–Crippen LogP) is 3.70. The highest BCUT2D eigenvalue weighted by atomic mass is 32.2. The number of anilines is 1. The molecule has 0 fully saturated rings. The van der Waals surface area contributed by atoms with E-state index in [4.69, 9.17) is 0 Å². The number of carbonyl (C=O) groups excluding carboxylic acids is 3. The molecule has 0 aromatic heterocycles. The molecule has 142 valence electrons. The van der Waals surface area contributed by atoms with E-state index in [0.717, 1.165) is 16.8 Å². The number of thioether (sulfide) groups is 1. The Kier molecular flexibility index (Phi) is 4.34. The number of hydrazone groups is 1. The van der Waals surface area contributed by atoms with Gasteiger partial charge >= 0.3 is 0 Å². The van der Waals surface area contributed by atoms with Gasteiger partial charge in [0.2, 0.25) is 5.91 Å². The van der Waals surface area contributed by atoms with Gasteiger partial charge < -0.3 is 0 Å². The van der Waals surface area contributed by atoms with Crippen LogP contribution in [0.25, 0.3) is 0 Å². The lowest BCUT2D eigenvalue weighted by atomic mass is 9.85. The van der Waals surface area contributed by atoms with Gasteiger partial charge in [0, 0.05) is 5.56 Å². The molecule has 2 heterocycles. The van der Waals surface area contributed by atoms with Crippen LogP contribution >= 0.6 is 11.8 Å². The third-order valence-corrected chi connectivity index (χ3v) is 5.99. The smallest absolute Gasteiger partial charge is 0.273 e. The molecule has 28 heavy (non-hydrogen) atoms. The van der Waals surface area contributed by atoms with Crippen LogP contribution in [0.4, 0.5) is 10.5 Å². The second-order valence-electron chi connectivity index (χ2n) is 7.33. The van der Waals surface area contributed by atoms with Gasteiger partial charge in [0.25, 0.3) is 11.1 Å². The Bertz CT molecular complexity index is 1030. The summed E-state index contributed by atoms with van der Waals surface area (Å²) in [5, 5.41) is 3.90. The molecule has 0 saturated carbocycles. The molecule has 1 atom stereocenters. The second kappa shape index (κ2) is 6.60. The van der Waals surface area contributed by atoms with Crippen molar-refractivity contribution < 1.29 is 14.4 Å². The van der Waals surface area contributed by atoms with Crippen molar-refractivity contribution >= 4 is 40.2 Å². The average Bonchev–Trinajstić information content (AvgIpc) is 2.88. The number of hydrogen-bond donors (Lipinski definition) is 1. The number of imide groups is 1. The van der Waals surface area contributed by atoms with Crippen LogP contribution in [0.2, 0.25) is 0 Å². The third-order valence-electron chi connectivity index (χ3n) is 5.10. The minimum absolute atomic E-state index is 0.103. The van der Waals surface area contributed by atoms with E-state index in [0.29, 0.717) is 11.3 Å². The normalized spacial score (nSPS) is 20.5. The van der Waals surface area contributed by atoms with E-state index < -0.39 is 5.41 Å². The van der Waals surface area contributed by atoms with Crippen LogP contribution in [0, 0.1) is 0 Å². The monoisotopic (exact) mass is 393 g/mol. The third kappa shape index (κ3) is 2.82. The quantitative estimate of drug-likeness (QED) is 0.789. The molecule has 0 saturated heterocycles. The van der Waals surface area contributed by atoms with Crippen molar-refractivity contribution in [2.75, 3.05) is 4.90 Å². The standard InChI is InChI=1S/C21H19N3O3S/c1-12-17(22-23-20(27)28-12)14-9-10-16-15(11-14)21(2,3)19(26)24(16)18(25)13-7-5-4-6-8-13/h4-12H,1-3H3,(H,23,27). The minimum Gasteiger partial charge on any atom is -0.273 e. The molecule has 0 aliphatic carbocycles. The minimum atomic E-state index is -0.843. The van der Waals surface area contributed by atoms with Gasteiger partial charge in [-0.25, -0.2) is 10.3 Å². The number of carbonyl (C=O) groups is 3. The molecule has 1 unspecified atom stereocenters. The van der Waals surface area contributed by atoms with Crippen molar-refractivity contribution in [1.29, 1.82) is 0 Å². The lowest BCUT2D eigenvalue weighted by molar-refractivity contribution is -0.121. The lowest BCUT2D eigenvalue weighted by Crippen LogP contribution is -2.40. The number of fused-ring (bicyclic) bond motifs is 1. The number of benzene rings is 2. The highest BCUT2D eigenvalue weighted by Gasteiger charge is 2.47. The van der Waals surface area contributed by atoms with Gasteiger partial charge in [-0.1, -0.05) is 36.0 Å². The summed E-state index contributed by atoms with van der Waals surface area (Å²) in [4.78, 5) is 38.9. The number of hydrogen-bond acceptors (Lipinski definition) is 5. The zero-order valence-corrected chi connectivity index (χ0v) is 16.5. The Morgan fingerprint density at radius 1 is 1.14 bits per heavy atom. The summed E-state index contributed by atoms with van der Waals surface area (Å²) < 4.78 is 0. The highest BCUT2D eigenvalue weighted by molar-refractivity contribution is 8.14. The van der Waals surface area contributed by atoms with E-state index in [1.54, 1.807) is 30.3 Å². The summed E-state index contributed by atoms with van der Waals surface area (Å²) in [6.45, 7) is 5.55. The zero-order valence-electron chi connectivity index (χ0n) is 15.7. The van der Waals surface area contributed by atoms with Crippen molar-refractivity contribution in [1.82, 2.24) is 5.43 Å². The fraction of sp³-hybridized carbons (Fsp3) is 0.238. The van der Waals surface area contributed by atoms with E-state index in [9.17, 15) is 14.4 Å². The molecule has 4 rings (SSSR count). The Hall–Kier alpha value is -2.93. The molecule has 3 amide bonds. The summed E-state index contributed by atoms with van der Waals surface area (Å²) in [7, 11) is 0. The van der Waals surface area contributed by atoms with Gasteiger partial charge in [-0.15, -0.1) is 0 Å². The van der Waals surface area contributed by atoms with E-state index in [-0.39, 0.29) is 22.3 Å². The Balaban J connectivity index is 1.78. The summed E-state index contributed by atoms with van der Waals surface area (Å²) in [6.07, 6.45) is 0. The SMILES string of the molecule is CC1SC(=O)NN=C1c1ccc2c(c1)C(C)(C)C(=O)N2C(=O)c1ccccc1. The molecule has 0 radical (unpaired) electrons. The van der Waals surface area contributed by atoms with Gasteiger partial charge in [-0.3, -0.25) is 14.4 Å². The summed E-state index contributed by atoms with van der Waals surface area (Å²) >= 11 is 1.17. The molecule has 0 spiro atoms. The highest BCUT2D eigenvalue weighted by Crippen LogP contribution is 2.43. The zero-order chi connectivity index (χ0) is 20.1. The van der Waals surface area contributed by atoms with Crippen LogP contribution in [0.3, 0.4) is 0 Å². The van der Waals surface area contributed by atoms with Gasteiger partial charge in [-0.05, 0) is 56.2 Å². The first-order valence-electron chi connectivity index (χ1n) is 8.93. The molecule has 6 nitrogen and oxygen atoms in total. The van der Waals surface area contributed by atoms with Crippen molar-refractivity contribution in [3.63, 3.8) is 0 Å². The number of nitrogens with zero attached hydrogens (tertiary/aromatic N) is 2. The number of rotatable bonds is 2. The van der Waals surface area contributed by atoms with Gasteiger partial charge in [0.1, 0.15) is 0 Å². The maximum atomic E-state index is 13.1. The topological polar surface area (TPSA) is 78.8 Å². The molecule has 7 heteroatoms. The molecule has 1 N–H and O–H groups in total. The second-order valence-corrected chi connectivity index (χ2v) is 8.64. The molecule has 2 aliphatic heterocycles. The van der Waals surface area contributed by atoms with E-state index in [1.165, 1.54) is 16.7 Å². The van der Waals surface area contributed by atoms with Gasteiger partial charge in [0.05, 0.1) is 22.1 Å². The first-order chi connectivity index (χ1) is 13.3. The number of nitrogens with one attached hydrogen (secondary N) is 1. The van der Waals surface area contributed by atoms with Crippen LogP contribution in [0.1, 0.15) is 42.3 Å². The summed E-state index contributed by atoms with van der Waals surface area (Å²) in [5.74, 6) is -0.591. The van der Waals surface area contributed by atoms with Crippen LogP contribution in [0.5, 0.6) is 0 Å². The average molecular weight is 393 g/mol. The fourth-order valence-corrected chi connectivity index (χ4v) is 4.27. The Labute approximate surface area is 167 Å². The largest absolute Gasteiger partial charge is 0.299 e. The maximum Gasteiger partial charge on any atom is 0.299 e. The molecule has 0 bridgehead atoms. The van der Waals surface area contributed by atoms with Crippen LogP contribution < -0.4 is 10.3 Å². The van der Waals surface area contributed by atoms with E-state index in [2.05, 4.69) is 10.5 Å². The molecule has 2 aromatic rings. The molecular formula is C21H19N3O3S. The van der Waals surface area contributed by atoms with Gasteiger partial charge in [0.15, 0.2) is 0 Å². The van der Waals surface area contributed by atoms with Crippen molar-refractivity contribution in [2.45, 2.75) is 31.4 Å². The Morgan fingerprint density at radius 3 is 2.54 bits per heavy atom. The van der Waals surface area contributed by atoms with Gasteiger partial charge in [-0.2, -0.15) is 5.10 Å². The van der Waals surface area contributed by atoms with Crippen LogP contribution in [-0.2, 0) is 10.2 Å². The molecule has 2 aromatic carbocycles. The molecule has 2 aliphatic rings. The summed E-state index contributed by atoms with van der Waals surface area (Å²) in [6, 6.07) is 14.3. The van der Waals surface area contributed by atoms with Crippen molar-refractivity contribution in [3.05, 3.63) is 65.2 Å². The van der Waals surface area contributed by atoms with E-state index in [1.807, 2.05) is 39.0 Å². The van der Waals surface area contributed by atoms with Crippen LogP contribution in [-0.4, -0.2) is 28.0 Å². The Morgan fingerprint density at radius 2 is 1.86 bits per heavy atom. The fourth-order valence-electron chi connectivity index (χ4n) is 3.55. The number of amides is 3. The van der Waals surface area contributed by atoms with E-state index >= 15 is 0 Å². The van der Waals surface area contributed by atoms with Crippen molar-refractivity contribution in [3.8, 4) is 0 Å². The molecular weight excluding hydrogens is 374 g/mol. The maximum absolute atomic E-state index is 13.1. The van der Waals surface area contributed by atoms with Crippen LogP contribution in [0.15, 0.2) is 53.6 Å². The lowest BCUT2D eigenvalue weighted by Gasteiger charge is -2.20. The summed E-state index contributed by atoms with van der Waals surface area (Å²) in [5.41, 5.74) is 5.04. The predicted molar refractivity (Wildman–Crippen MR) is 110 cm³/mol. The van der Waals surface area contributed by atoms with Crippen molar-refractivity contribution in [2.24, 2.45) is 5.10 Å². The first kappa shape index (κ1) is 18.4.